The Labute approximate surface area is 187 Å². The summed E-state index contributed by atoms with van der Waals surface area (Å²) in [5.74, 6) is 2.01. The van der Waals surface area contributed by atoms with Crippen molar-refractivity contribution in [1.29, 1.82) is 0 Å². The molecule has 7 nitrogen and oxygen atoms in total. The Balaban J connectivity index is 1.43. The molecule has 0 atom stereocenters. The van der Waals surface area contributed by atoms with Crippen LogP contribution in [0.4, 0.5) is 5.95 Å². The third-order valence-corrected chi connectivity index (χ3v) is 5.81. The van der Waals surface area contributed by atoms with Crippen LogP contribution >= 0.6 is 0 Å². The van der Waals surface area contributed by atoms with Gasteiger partial charge in [0.1, 0.15) is 5.75 Å². The number of benzene rings is 2. The molecule has 0 spiro atoms. The highest BCUT2D eigenvalue weighted by Gasteiger charge is 2.28. The highest BCUT2D eigenvalue weighted by molar-refractivity contribution is 5.79. The first kappa shape index (κ1) is 20.5. The van der Waals surface area contributed by atoms with Gasteiger partial charge >= 0.3 is 0 Å². The Bertz CT molecular complexity index is 1070. The lowest BCUT2D eigenvalue weighted by Gasteiger charge is -2.32. The third kappa shape index (κ3) is 4.57. The van der Waals surface area contributed by atoms with Crippen LogP contribution in [-0.4, -0.2) is 53.6 Å². The van der Waals surface area contributed by atoms with Crippen LogP contribution in [0.5, 0.6) is 11.6 Å². The molecule has 1 saturated heterocycles. The molecule has 3 aromatic rings. The van der Waals surface area contributed by atoms with Crippen molar-refractivity contribution in [2.45, 2.75) is 19.4 Å². The Hall–Kier alpha value is -3.45. The van der Waals surface area contributed by atoms with Gasteiger partial charge in [0.15, 0.2) is 0 Å². The molecule has 0 radical (unpaired) electrons. The van der Waals surface area contributed by atoms with Gasteiger partial charge in [-0.25, -0.2) is 4.98 Å². The largest absolute Gasteiger partial charge is 0.438 e. The van der Waals surface area contributed by atoms with E-state index in [0.29, 0.717) is 56.7 Å². The highest BCUT2D eigenvalue weighted by atomic mass is 16.5. The van der Waals surface area contributed by atoms with Gasteiger partial charge in [-0.05, 0) is 17.7 Å². The summed E-state index contributed by atoms with van der Waals surface area (Å²) < 4.78 is 11.7. The van der Waals surface area contributed by atoms with Crippen molar-refractivity contribution in [3.63, 3.8) is 0 Å². The molecule has 0 aliphatic carbocycles. The fourth-order valence-electron chi connectivity index (χ4n) is 4.06. The summed E-state index contributed by atoms with van der Waals surface area (Å²) in [6, 6.07) is 19.5. The number of hydrogen-bond donors (Lipinski definition) is 0. The number of hydrogen-bond acceptors (Lipinski definition) is 6. The van der Waals surface area contributed by atoms with Crippen molar-refractivity contribution in [3.05, 3.63) is 77.5 Å². The Kier molecular flexibility index (Phi) is 5.98. The van der Waals surface area contributed by atoms with Crippen molar-refractivity contribution >= 4 is 11.9 Å². The Morgan fingerprint density at radius 3 is 2.41 bits per heavy atom. The normalized spacial score (nSPS) is 15.9. The van der Waals surface area contributed by atoms with E-state index >= 15 is 0 Å². The number of fused-ring (bicyclic) bond motifs is 1. The van der Waals surface area contributed by atoms with E-state index in [4.69, 9.17) is 19.4 Å². The molecule has 0 saturated carbocycles. The summed E-state index contributed by atoms with van der Waals surface area (Å²) in [7, 11) is 0. The fraction of sp³-hybridized carbons (Fsp3) is 0.320. The monoisotopic (exact) mass is 430 g/mol. The van der Waals surface area contributed by atoms with Crippen molar-refractivity contribution in [1.82, 2.24) is 14.9 Å². The zero-order chi connectivity index (χ0) is 21.8. The number of amides is 1. The predicted molar refractivity (Wildman–Crippen MR) is 121 cm³/mol. The molecule has 7 heteroatoms. The van der Waals surface area contributed by atoms with Gasteiger partial charge in [0, 0.05) is 26.1 Å². The van der Waals surface area contributed by atoms with Crippen LogP contribution in [0.15, 0.2) is 60.7 Å². The molecule has 1 amide bonds. The number of rotatable bonds is 5. The highest BCUT2D eigenvalue weighted by Crippen LogP contribution is 2.31. The van der Waals surface area contributed by atoms with Gasteiger partial charge in [-0.3, -0.25) is 4.79 Å². The lowest BCUT2D eigenvalue weighted by molar-refractivity contribution is -0.131. The average molecular weight is 431 g/mol. The molecule has 0 unspecified atom stereocenters. The molecular formula is C25H26N4O3. The van der Waals surface area contributed by atoms with Crippen molar-refractivity contribution < 1.29 is 14.3 Å². The van der Waals surface area contributed by atoms with Crippen LogP contribution in [0.1, 0.15) is 16.8 Å². The number of ether oxygens (including phenoxy) is 2. The van der Waals surface area contributed by atoms with Gasteiger partial charge < -0.3 is 19.3 Å². The van der Waals surface area contributed by atoms with Crippen molar-refractivity contribution in [2.24, 2.45) is 0 Å². The first-order valence-electron chi connectivity index (χ1n) is 11.0. The molecule has 0 N–H and O–H groups in total. The quantitative estimate of drug-likeness (QED) is 0.619. The van der Waals surface area contributed by atoms with E-state index in [9.17, 15) is 4.79 Å². The first-order chi connectivity index (χ1) is 15.8. The van der Waals surface area contributed by atoms with Crippen molar-refractivity contribution in [3.8, 4) is 11.6 Å². The minimum Gasteiger partial charge on any atom is -0.438 e. The molecule has 5 rings (SSSR count). The molecular weight excluding hydrogens is 404 g/mol. The number of carbonyl (C=O) groups is 1. The minimum atomic E-state index is 0.102. The Morgan fingerprint density at radius 1 is 0.938 bits per heavy atom. The summed E-state index contributed by atoms with van der Waals surface area (Å²) in [4.78, 5) is 26.6. The topological polar surface area (TPSA) is 67.8 Å². The number of nitrogens with zero attached hydrogens (tertiary/aromatic N) is 4. The van der Waals surface area contributed by atoms with E-state index in [2.05, 4.69) is 4.90 Å². The summed E-state index contributed by atoms with van der Waals surface area (Å²) in [5.41, 5.74) is 2.86. The van der Waals surface area contributed by atoms with E-state index in [1.165, 1.54) is 0 Å². The van der Waals surface area contributed by atoms with Gasteiger partial charge in [0.05, 0.1) is 37.4 Å². The lowest BCUT2D eigenvalue weighted by Crippen LogP contribution is -2.40. The van der Waals surface area contributed by atoms with Gasteiger partial charge in [-0.2, -0.15) is 4.98 Å². The maximum absolute atomic E-state index is 13.0. The standard InChI is InChI=1S/C25H26N4O3/c30-23(17-19-7-3-1-4-8-19)29-12-11-22-21(18-29)24(32-20-9-5-2-6-10-20)27-25(26-22)28-13-15-31-16-14-28/h1-10H,11-18H2. The second kappa shape index (κ2) is 9.36. The molecule has 164 valence electrons. The van der Waals surface area contributed by atoms with Gasteiger partial charge in [0.25, 0.3) is 0 Å². The van der Waals surface area contributed by atoms with E-state index < -0.39 is 0 Å². The summed E-state index contributed by atoms with van der Waals surface area (Å²) in [6.07, 6.45) is 1.07. The zero-order valence-electron chi connectivity index (χ0n) is 17.9. The van der Waals surface area contributed by atoms with E-state index in [-0.39, 0.29) is 5.91 Å². The van der Waals surface area contributed by atoms with Crippen LogP contribution in [0.25, 0.3) is 0 Å². The fourth-order valence-corrected chi connectivity index (χ4v) is 4.06. The van der Waals surface area contributed by atoms with Crippen molar-refractivity contribution in [2.75, 3.05) is 37.7 Å². The van der Waals surface area contributed by atoms with Gasteiger partial charge in [-0.1, -0.05) is 48.5 Å². The van der Waals surface area contributed by atoms with Crippen LogP contribution in [0.3, 0.4) is 0 Å². The predicted octanol–water partition coefficient (Wildman–Crippen LogP) is 3.23. The summed E-state index contributed by atoms with van der Waals surface area (Å²) >= 11 is 0. The summed E-state index contributed by atoms with van der Waals surface area (Å²) in [5, 5.41) is 0. The number of para-hydroxylation sites is 1. The Morgan fingerprint density at radius 2 is 1.66 bits per heavy atom. The second-order valence-electron chi connectivity index (χ2n) is 8.00. The number of anilines is 1. The van der Waals surface area contributed by atoms with Crippen LogP contribution in [0.2, 0.25) is 0 Å². The zero-order valence-corrected chi connectivity index (χ0v) is 17.9. The van der Waals surface area contributed by atoms with E-state index in [1.54, 1.807) is 0 Å². The van der Waals surface area contributed by atoms with Gasteiger partial charge in [-0.15, -0.1) is 0 Å². The number of carbonyl (C=O) groups excluding carboxylic acids is 1. The maximum Gasteiger partial charge on any atom is 0.229 e. The molecule has 2 aromatic carbocycles. The first-order valence-corrected chi connectivity index (χ1v) is 11.0. The average Bonchev–Trinajstić information content (AvgIpc) is 2.85. The molecule has 2 aliphatic rings. The molecule has 0 bridgehead atoms. The van der Waals surface area contributed by atoms with Crippen LogP contribution < -0.4 is 9.64 Å². The van der Waals surface area contributed by atoms with Crippen LogP contribution in [0, 0.1) is 0 Å². The summed E-state index contributed by atoms with van der Waals surface area (Å²) in [6.45, 7) is 3.93. The maximum atomic E-state index is 13.0. The SMILES string of the molecule is O=C(Cc1ccccc1)N1CCc2nc(N3CCOCC3)nc(Oc3ccccc3)c2C1. The third-order valence-electron chi connectivity index (χ3n) is 5.81. The van der Waals surface area contributed by atoms with Crippen LogP contribution in [-0.2, 0) is 28.9 Å². The lowest BCUT2D eigenvalue weighted by atomic mass is 10.0. The molecule has 3 heterocycles. The number of aromatic nitrogens is 2. The number of morpholine rings is 1. The molecule has 1 aromatic heterocycles. The minimum absolute atomic E-state index is 0.102. The molecule has 1 fully saturated rings. The van der Waals surface area contributed by atoms with Gasteiger partial charge in [0.2, 0.25) is 17.7 Å². The van der Waals surface area contributed by atoms with E-state index in [1.807, 2.05) is 65.6 Å². The second-order valence-corrected chi connectivity index (χ2v) is 8.00. The van der Waals surface area contributed by atoms with E-state index in [0.717, 1.165) is 29.9 Å². The molecule has 32 heavy (non-hydrogen) atoms. The molecule has 2 aliphatic heterocycles. The smallest absolute Gasteiger partial charge is 0.229 e.